The smallest absolute Gasteiger partial charge is 0.0284 e. The lowest BCUT2D eigenvalue weighted by molar-refractivity contribution is 0.667. The number of rotatable bonds is 10. The normalized spacial score (nSPS) is 13.6. The quantitative estimate of drug-likeness (QED) is 0.187. The van der Waals surface area contributed by atoms with Crippen LogP contribution in [0.2, 0.25) is 0 Å². The highest BCUT2D eigenvalue weighted by molar-refractivity contribution is 5.53. The van der Waals surface area contributed by atoms with Gasteiger partial charge in [0.25, 0.3) is 0 Å². The number of hydrogen-bond acceptors (Lipinski definition) is 0. The van der Waals surface area contributed by atoms with Crippen molar-refractivity contribution >= 4 is 0 Å². The van der Waals surface area contributed by atoms with Crippen LogP contribution in [0, 0.1) is 23.7 Å². The van der Waals surface area contributed by atoms with Gasteiger partial charge in [0.1, 0.15) is 0 Å². The third-order valence-corrected chi connectivity index (χ3v) is 6.64. The summed E-state index contributed by atoms with van der Waals surface area (Å²) >= 11 is 0. The van der Waals surface area contributed by atoms with Crippen LogP contribution in [0.5, 0.6) is 0 Å². The van der Waals surface area contributed by atoms with Crippen molar-refractivity contribution in [2.45, 2.75) is 97.8 Å². The molecule has 182 valence electrons. The van der Waals surface area contributed by atoms with Gasteiger partial charge in [-0.15, -0.1) is 0 Å². The van der Waals surface area contributed by atoms with Crippen molar-refractivity contribution in [1.82, 2.24) is 0 Å². The molecule has 2 aromatic carbocycles. The lowest BCUT2D eigenvalue weighted by Crippen LogP contribution is -1.90. The summed E-state index contributed by atoms with van der Waals surface area (Å²) in [5, 5.41) is 0. The van der Waals surface area contributed by atoms with Crippen LogP contribution >= 0.6 is 0 Å². The molecule has 0 aromatic heterocycles. The van der Waals surface area contributed by atoms with Crippen LogP contribution in [-0.4, -0.2) is 0 Å². The first kappa shape index (κ1) is 26.6. The Kier molecular flexibility index (Phi) is 11.0. The summed E-state index contributed by atoms with van der Waals surface area (Å²) in [4.78, 5) is 0. The maximum absolute atomic E-state index is 3.48. The minimum atomic E-state index is 0.647. The van der Waals surface area contributed by atoms with Gasteiger partial charge in [-0.2, -0.15) is 0 Å². The molecule has 0 atom stereocenters. The average Bonchev–Trinajstić information content (AvgIpc) is 3.72. The summed E-state index contributed by atoms with van der Waals surface area (Å²) in [5.74, 6) is 14.3. The first-order valence-corrected chi connectivity index (χ1v) is 13.8. The molecule has 1 saturated carbocycles. The van der Waals surface area contributed by atoms with Crippen molar-refractivity contribution in [2.75, 3.05) is 0 Å². The average molecular weight is 463 g/mol. The maximum Gasteiger partial charge on any atom is 0.0284 e. The lowest BCUT2D eigenvalue weighted by atomic mass is 9.99. The fraction of sp³-hybridized carbons (Fsp3) is 0.429. The first-order chi connectivity index (χ1) is 17.1. The van der Waals surface area contributed by atoms with Crippen LogP contribution < -0.4 is 0 Å². The van der Waals surface area contributed by atoms with Crippen molar-refractivity contribution in [3.8, 4) is 23.7 Å². The molecule has 1 aliphatic rings. The van der Waals surface area contributed by atoms with E-state index < -0.39 is 0 Å². The topological polar surface area (TPSA) is 0 Å². The number of aryl methyl sites for hydroxylation is 1. The molecule has 0 amide bonds. The van der Waals surface area contributed by atoms with Gasteiger partial charge >= 0.3 is 0 Å². The molecule has 0 saturated heterocycles. The molecule has 0 bridgehead atoms. The Balaban J connectivity index is 1.71. The van der Waals surface area contributed by atoms with Crippen molar-refractivity contribution in [3.63, 3.8) is 0 Å². The highest BCUT2D eigenvalue weighted by Crippen LogP contribution is 2.41. The van der Waals surface area contributed by atoms with Crippen molar-refractivity contribution in [1.29, 1.82) is 0 Å². The zero-order chi connectivity index (χ0) is 24.9. The van der Waals surface area contributed by atoms with Crippen LogP contribution in [0.15, 0.2) is 65.8 Å². The van der Waals surface area contributed by atoms with E-state index >= 15 is 0 Å². The minimum Gasteiger partial charge on any atom is -0.0733 e. The fourth-order valence-corrected chi connectivity index (χ4v) is 4.26. The monoisotopic (exact) mass is 462 g/mol. The zero-order valence-electron chi connectivity index (χ0n) is 22.3. The van der Waals surface area contributed by atoms with Gasteiger partial charge in [0, 0.05) is 22.3 Å². The third kappa shape index (κ3) is 9.30. The molecule has 0 unspecified atom stereocenters. The summed E-state index contributed by atoms with van der Waals surface area (Å²) in [6, 6.07) is 15.4. The van der Waals surface area contributed by atoms with Crippen molar-refractivity contribution in [3.05, 3.63) is 93.6 Å². The van der Waals surface area contributed by atoms with E-state index in [2.05, 4.69) is 106 Å². The molecule has 0 radical (unpaired) electrons. The summed E-state index contributed by atoms with van der Waals surface area (Å²) in [7, 11) is 0. The zero-order valence-corrected chi connectivity index (χ0v) is 22.3. The van der Waals surface area contributed by atoms with E-state index in [-0.39, 0.29) is 0 Å². The summed E-state index contributed by atoms with van der Waals surface area (Å²) in [6.45, 7) is 8.87. The first-order valence-electron chi connectivity index (χ1n) is 13.8. The molecule has 0 heteroatoms. The second kappa shape index (κ2) is 14.4. The molecule has 1 aliphatic carbocycles. The molecular formula is C35H42. The van der Waals surface area contributed by atoms with Crippen LogP contribution in [0.3, 0.4) is 0 Å². The molecule has 2 aromatic rings. The van der Waals surface area contributed by atoms with Gasteiger partial charge in [-0.25, -0.2) is 0 Å². The Labute approximate surface area is 214 Å². The highest BCUT2D eigenvalue weighted by atomic mass is 14.3. The Morgan fingerprint density at radius 3 is 2.26 bits per heavy atom. The predicted octanol–water partition coefficient (Wildman–Crippen LogP) is 9.52. The minimum absolute atomic E-state index is 0.647. The second-order valence-corrected chi connectivity index (χ2v) is 9.89. The van der Waals surface area contributed by atoms with Gasteiger partial charge in [0.05, 0.1) is 0 Å². The van der Waals surface area contributed by atoms with Gasteiger partial charge in [0.2, 0.25) is 0 Å². The summed E-state index contributed by atoms with van der Waals surface area (Å²) in [6.07, 6.45) is 16.7. The van der Waals surface area contributed by atoms with Gasteiger partial charge in [-0.3, -0.25) is 0 Å². The van der Waals surface area contributed by atoms with Crippen LogP contribution in [0.1, 0.15) is 119 Å². The Morgan fingerprint density at radius 2 is 1.57 bits per heavy atom. The highest BCUT2D eigenvalue weighted by Gasteiger charge is 2.25. The Hall–Kier alpha value is -2.96. The van der Waals surface area contributed by atoms with Gasteiger partial charge in [-0.05, 0) is 92.8 Å². The lowest BCUT2D eigenvalue weighted by Gasteiger charge is -2.04. The SMILES string of the molecule is CCCCCCc1ccc(C#Cc2ccc(C#CC(=CC=C(C)CCC)CC)c(C3CC3)c2)cc1. The number of unbranched alkanes of at least 4 members (excludes halogenated alkanes) is 3. The van der Waals surface area contributed by atoms with Gasteiger partial charge < -0.3 is 0 Å². The standard InChI is InChI=1S/C35H42/c1-5-8-9-10-12-30-15-17-31(18-16-30)19-20-32-22-24-33(35(27-32)34-25-26-34)23-21-29(7-3)14-13-28(4)11-6-2/h13-18,22,24,27,34H,5-12,25-26H2,1-4H3. The van der Waals surface area contributed by atoms with E-state index in [0.29, 0.717) is 5.92 Å². The molecule has 0 N–H and O–H groups in total. The molecule has 0 nitrogen and oxygen atoms in total. The maximum atomic E-state index is 3.48. The van der Waals surface area contributed by atoms with E-state index in [1.54, 1.807) is 0 Å². The van der Waals surface area contributed by atoms with Crippen LogP contribution in [0.4, 0.5) is 0 Å². The molecular weight excluding hydrogens is 420 g/mol. The van der Waals surface area contributed by atoms with Gasteiger partial charge in [0.15, 0.2) is 0 Å². The number of hydrogen-bond donors (Lipinski definition) is 0. The molecule has 0 spiro atoms. The number of allylic oxidation sites excluding steroid dienone is 4. The fourth-order valence-electron chi connectivity index (χ4n) is 4.26. The van der Waals surface area contributed by atoms with E-state index in [0.717, 1.165) is 24.0 Å². The molecule has 1 fully saturated rings. The molecule has 3 rings (SSSR count). The van der Waals surface area contributed by atoms with E-state index in [1.807, 2.05) is 0 Å². The summed E-state index contributed by atoms with van der Waals surface area (Å²) in [5.41, 5.74) is 8.75. The van der Waals surface area contributed by atoms with Crippen molar-refractivity contribution in [2.24, 2.45) is 0 Å². The van der Waals surface area contributed by atoms with Crippen LogP contribution in [0.25, 0.3) is 0 Å². The number of benzene rings is 2. The Bertz CT molecular complexity index is 1130. The predicted molar refractivity (Wildman–Crippen MR) is 153 cm³/mol. The molecule has 0 aliphatic heterocycles. The van der Waals surface area contributed by atoms with Gasteiger partial charge in [-0.1, -0.05) is 100.0 Å². The summed E-state index contributed by atoms with van der Waals surface area (Å²) < 4.78 is 0. The second-order valence-electron chi connectivity index (χ2n) is 9.89. The van der Waals surface area contributed by atoms with E-state index in [1.165, 1.54) is 79.2 Å². The molecule has 0 heterocycles. The largest absolute Gasteiger partial charge is 0.0733 e. The van der Waals surface area contributed by atoms with Crippen LogP contribution in [-0.2, 0) is 6.42 Å². The third-order valence-electron chi connectivity index (χ3n) is 6.64. The van der Waals surface area contributed by atoms with E-state index in [9.17, 15) is 0 Å². The molecule has 35 heavy (non-hydrogen) atoms. The Morgan fingerprint density at radius 1 is 0.829 bits per heavy atom. The van der Waals surface area contributed by atoms with Crippen molar-refractivity contribution < 1.29 is 0 Å². The van der Waals surface area contributed by atoms with E-state index in [4.69, 9.17) is 0 Å².